The van der Waals surface area contributed by atoms with Gasteiger partial charge in [0.2, 0.25) is 5.88 Å². The van der Waals surface area contributed by atoms with Crippen LogP contribution in [0.25, 0.3) is 0 Å². The Morgan fingerprint density at radius 1 is 1.29 bits per heavy atom. The van der Waals surface area contributed by atoms with Crippen LogP contribution in [0.2, 0.25) is 0 Å². The Hall–Kier alpha value is -0.800. The third kappa shape index (κ3) is 8.00. The fourth-order valence-electron chi connectivity index (χ4n) is 1.47. The van der Waals surface area contributed by atoms with Crippen LogP contribution in [0.4, 0.5) is 0 Å². The maximum Gasteiger partial charge on any atom is 0.213 e. The van der Waals surface area contributed by atoms with E-state index in [0.29, 0.717) is 0 Å². The molecule has 0 aliphatic carbocycles. The summed E-state index contributed by atoms with van der Waals surface area (Å²) in [7, 11) is 0. The quantitative estimate of drug-likeness (QED) is 0.728. The van der Waals surface area contributed by atoms with Crippen molar-refractivity contribution in [1.82, 2.24) is 10.3 Å². The van der Waals surface area contributed by atoms with Crippen LogP contribution in [-0.2, 0) is 0 Å². The average molecular weight is 259 g/mol. The molecule has 17 heavy (non-hydrogen) atoms. The van der Waals surface area contributed by atoms with Crippen molar-refractivity contribution in [3.05, 3.63) is 23.9 Å². The highest BCUT2D eigenvalue weighted by Crippen LogP contribution is 2.08. The molecule has 0 bridgehead atoms. The van der Waals surface area contributed by atoms with Gasteiger partial charge in [0.25, 0.3) is 0 Å². The van der Waals surface area contributed by atoms with E-state index in [0.717, 1.165) is 32.0 Å². The number of unbranched alkanes of at least 4 members (excludes halogenated alkanes) is 2. The molecule has 0 radical (unpaired) electrons. The number of rotatable bonds is 8. The zero-order valence-electron chi connectivity index (χ0n) is 10.7. The number of pyridine rings is 1. The zero-order valence-corrected chi connectivity index (χ0v) is 11.6. The summed E-state index contributed by atoms with van der Waals surface area (Å²) in [6, 6.07) is 3.95. The maximum absolute atomic E-state index is 5.56. The minimum Gasteiger partial charge on any atom is -0.478 e. The monoisotopic (exact) mass is 258 g/mol. The molecule has 1 heterocycles. The highest BCUT2D eigenvalue weighted by molar-refractivity contribution is 5.85. The van der Waals surface area contributed by atoms with Gasteiger partial charge in [-0.2, -0.15) is 0 Å². The first kappa shape index (κ1) is 16.2. The molecule has 0 atom stereocenters. The lowest BCUT2D eigenvalue weighted by molar-refractivity contribution is 0.293. The number of halogens is 1. The number of aromatic nitrogens is 1. The van der Waals surface area contributed by atoms with E-state index in [9.17, 15) is 0 Å². The van der Waals surface area contributed by atoms with Crippen molar-refractivity contribution in [2.75, 3.05) is 19.7 Å². The summed E-state index contributed by atoms with van der Waals surface area (Å²) < 4.78 is 5.56. The summed E-state index contributed by atoms with van der Waals surface area (Å²) in [6.45, 7) is 7.11. The molecule has 0 fully saturated rings. The van der Waals surface area contributed by atoms with Gasteiger partial charge in [-0.05, 0) is 50.9 Å². The second kappa shape index (κ2) is 10.4. The van der Waals surface area contributed by atoms with Gasteiger partial charge >= 0.3 is 0 Å². The fourth-order valence-corrected chi connectivity index (χ4v) is 1.47. The first-order chi connectivity index (χ1) is 7.83. The van der Waals surface area contributed by atoms with Gasteiger partial charge in [0.15, 0.2) is 0 Å². The zero-order chi connectivity index (χ0) is 11.6. The van der Waals surface area contributed by atoms with Crippen LogP contribution >= 0.6 is 12.4 Å². The third-order valence-corrected chi connectivity index (χ3v) is 2.39. The molecule has 0 saturated heterocycles. The minimum absolute atomic E-state index is 0. The largest absolute Gasteiger partial charge is 0.478 e. The van der Waals surface area contributed by atoms with E-state index in [1.54, 1.807) is 6.20 Å². The molecule has 3 nitrogen and oxygen atoms in total. The minimum atomic E-state index is 0. The molecule has 0 aliphatic rings. The van der Waals surface area contributed by atoms with Crippen LogP contribution in [0.1, 0.15) is 31.7 Å². The Labute approximate surface area is 110 Å². The molecule has 1 N–H and O–H groups in total. The van der Waals surface area contributed by atoms with E-state index in [1.165, 1.54) is 18.4 Å². The Morgan fingerprint density at radius 3 is 2.82 bits per heavy atom. The average Bonchev–Trinajstić information content (AvgIpc) is 2.28. The summed E-state index contributed by atoms with van der Waals surface area (Å²) in [5, 5.41) is 3.31. The molecule has 0 unspecified atom stereocenters. The van der Waals surface area contributed by atoms with E-state index < -0.39 is 0 Å². The van der Waals surface area contributed by atoms with Crippen LogP contribution in [0.5, 0.6) is 5.88 Å². The predicted molar refractivity (Wildman–Crippen MR) is 74.1 cm³/mol. The highest BCUT2D eigenvalue weighted by atomic mass is 35.5. The summed E-state index contributed by atoms with van der Waals surface area (Å²) >= 11 is 0. The van der Waals surface area contributed by atoms with Crippen molar-refractivity contribution in [1.29, 1.82) is 0 Å². The number of aryl methyl sites for hydroxylation is 1. The lowest BCUT2D eigenvalue weighted by atomic mass is 10.2. The highest BCUT2D eigenvalue weighted by Gasteiger charge is 1.95. The van der Waals surface area contributed by atoms with E-state index >= 15 is 0 Å². The van der Waals surface area contributed by atoms with E-state index in [-0.39, 0.29) is 12.4 Å². The van der Waals surface area contributed by atoms with Gasteiger partial charge < -0.3 is 10.1 Å². The van der Waals surface area contributed by atoms with Crippen LogP contribution in [0.15, 0.2) is 18.3 Å². The SMILES string of the molecule is CCNCCCCCOc1cc(C)ccn1.Cl. The molecule has 0 aromatic carbocycles. The molecular weight excluding hydrogens is 236 g/mol. The molecule has 0 aliphatic heterocycles. The molecular formula is C13H23ClN2O. The topological polar surface area (TPSA) is 34.1 Å². The number of nitrogens with one attached hydrogen (secondary N) is 1. The molecule has 98 valence electrons. The second-order valence-electron chi connectivity index (χ2n) is 3.93. The smallest absolute Gasteiger partial charge is 0.213 e. The van der Waals surface area contributed by atoms with Gasteiger partial charge in [-0.15, -0.1) is 12.4 Å². The lowest BCUT2D eigenvalue weighted by Crippen LogP contribution is -2.14. The maximum atomic E-state index is 5.56. The van der Waals surface area contributed by atoms with Crippen LogP contribution in [-0.4, -0.2) is 24.7 Å². The Morgan fingerprint density at radius 2 is 2.12 bits per heavy atom. The summed E-state index contributed by atoms with van der Waals surface area (Å²) in [6.07, 6.45) is 5.31. The Bertz CT molecular complexity index is 295. The van der Waals surface area contributed by atoms with Crippen LogP contribution < -0.4 is 10.1 Å². The van der Waals surface area contributed by atoms with Gasteiger partial charge in [0, 0.05) is 12.3 Å². The molecule has 1 aromatic rings. The van der Waals surface area contributed by atoms with Gasteiger partial charge in [-0.3, -0.25) is 0 Å². The van der Waals surface area contributed by atoms with Gasteiger partial charge in [0.1, 0.15) is 0 Å². The van der Waals surface area contributed by atoms with Gasteiger partial charge in [0.05, 0.1) is 6.61 Å². The van der Waals surface area contributed by atoms with Crippen LogP contribution in [0, 0.1) is 6.92 Å². The second-order valence-corrected chi connectivity index (χ2v) is 3.93. The number of ether oxygens (including phenoxy) is 1. The first-order valence-corrected chi connectivity index (χ1v) is 6.09. The molecule has 0 amide bonds. The lowest BCUT2D eigenvalue weighted by Gasteiger charge is -2.05. The molecule has 0 spiro atoms. The van der Waals surface area contributed by atoms with E-state index in [1.807, 2.05) is 19.1 Å². The summed E-state index contributed by atoms with van der Waals surface area (Å²) in [5.74, 6) is 0.742. The third-order valence-electron chi connectivity index (χ3n) is 2.39. The standard InChI is InChI=1S/C13H22N2O.ClH/c1-3-14-8-5-4-6-10-16-13-11-12(2)7-9-15-13;/h7,9,11,14H,3-6,8,10H2,1-2H3;1H. The number of nitrogens with zero attached hydrogens (tertiary/aromatic N) is 1. The summed E-state index contributed by atoms with van der Waals surface area (Å²) in [5.41, 5.74) is 1.19. The molecule has 4 heteroatoms. The van der Waals surface area contributed by atoms with Gasteiger partial charge in [-0.1, -0.05) is 6.92 Å². The van der Waals surface area contributed by atoms with Crippen molar-refractivity contribution in [3.63, 3.8) is 0 Å². The van der Waals surface area contributed by atoms with E-state index in [2.05, 4.69) is 17.2 Å². The van der Waals surface area contributed by atoms with Crippen molar-refractivity contribution >= 4 is 12.4 Å². The van der Waals surface area contributed by atoms with Crippen molar-refractivity contribution in [2.24, 2.45) is 0 Å². The van der Waals surface area contributed by atoms with Crippen LogP contribution in [0.3, 0.4) is 0 Å². The first-order valence-electron chi connectivity index (χ1n) is 6.09. The predicted octanol–water partition coefficient (Wildman–Crippen LogP) is 2.97. The molecule has 1 rings (SSSR count). The van der Waals surface area contributed by atoms with E-state index in [4.69, 9.17) is 4.74 Å². The molecule has 0 saturated carbocycles. The van der Waals surface area contributed by atoms with Gasteiger partial charge in [-0.25, -0.2) is 4.98 Å². The fraction of sp³-hybridized carbons (Fsp3) is 0.615. The van der Waals surface area contributed by atoms with Crippen molar-refractivity contribution < 1.29 is 4.74 Å². The summed E-state index contributed by atoms with van der Waals surface area (Å²) in [4.78, 5) is 4.15. The normalized spacial score (nSPS) is 9.76. The number of hydrogen-bond acceptors (Lipinski definition) is 3. The molecule has 1 aromatic heterocycles. The number of hydrogen-bond donors (Lipinski definition) is 1. The Kier molecular flexibility index (Phi) is 9.87. The van der Waals surface area contributed by atoms with Crippen molar-refractivity contribution in [2.45, 2.75) is 33.1 Å². The Balaban J connectivity index is 0.00000256. The van der Waals surface area contributed by atoms with Crippen molar-refractivity contribution in [3.8, 4) is 5.88 Å².